The largest absolute Gasteiger partial charge is 0.399 e. The lowest BCUT2D eigenvalue weighted by Gasteiger charge is -2.16. The maximum atomic E-state index is 11.8. The van der Waals surface area contributed by atoms with Crippen LogP contribution < -0.4 is 11.1 Å². The lowest BCUT2D eigenvalue weighted by molar-refractivity contribution is -0.122. The first kappa shape index (κ1) is 14.5. The van der Waals surface area contributed by atoms with E-state index >= 15 is 0 Å². The Morgan fingerprint density at radius 2 is 2.00 bits per heavy atom. The van der Waals surface area contributed by atoms with Crippen molar-refractivity contribution >= 4 is 11.6 Å². The van der Waals surface area contributed by atoms with Crippen LogP contribution in [0.2, 0.25) is 0 Å². The van der Waals surface area contributed by atoms with Gasteiger partial charge in [-0.1, -0.05) is 26.0 Å². The Balaban J connectivity index is 2.51. The molecule has 4 heteroatoms. The van der Waals surface area contributed by atoms with E-state index in [1.54, 1.807) is 0 Å². The Morgan fingerprint density at radius 3 is 2.50 bits per heavy atom. The summed E-state index contributed by atoms with van der Waals surface area (Å²) in [6.45, 7) is 3.92. The van der Waals surface area contributed by atoms with E-state index in [1.807, 2.05) is 38.1 Å². The number of carbonyl (C=O) groups excluding carboxylic acids is 1. The van der Waals surface area contributed by atoms with Crippen LogP contribution in [0.1, 0.15) is 38.2 Å². The van der Waals surface area contributed by atoms with Crippen LogP contribution in [0.3, 0.4) is 0 Å². The van der Waals surface area contributed by atoms with Gasteiger partial charge >= 0.3 is 0 Å². The van der Waals surface area contributed by atoms with Crippen LogP contribution >= 0.6 is 0 Å². The summed E-state index contributed by atoms with van der Waals surface area (Å²) >= 11 is 0. The molecule has 1 aromatic carbocycles. The number of anilines is 1. The van der Waals surface area contributed by atoms with Gasteiger partial charge < -0.3 is 16.2 Å². The second-order valence-electron chi connectivity index (χ2n) is 4.63. The minimum absolute atomic E-state index is 0.0154. The Labute approximate surface area is 108 Å². The monoisotopic (exact) mass is 250 g/mol. The number of aliphatic hydroxyl groups excluding tert-OH is 1. The molecule has 1 aromatic rings. The zero-order valence-corrected chi connectivity index (χ0v) is 11.0. The number of hydrogen-bond acceptors (Lipinski definition) is 3. The van der Waals surface area contributed by atoms with Gasteiger partial charge in [0.15, 0.2) is 0 Å². The lowest BCUT2D eigenvalue weighted by atomic mass is 9.97. The fourth-order valence-corrected chi connectivity index (χ4v) is 1.78. The summed E-state index contributed by atoms with van der Waals surface area (Å²) in [6.07, 6.45) is 1.15. The predicted octanol–water partition coefficient (Wildman–Crippen LogP) is 1.65. The molecule has 0 bridgehead atoms. The van der Waals surface area contributed by atoms with Gasteiger partial charge in [0.1, 0.15) is 0 Å². The lowest BCUT2D eigenvalue weighted by Crippen LogP contribution is -2.37. The maximum Gasteiger partial charge on any atom is 0.220 e. The first-order chi connectivity index (χ1) is 8.56. The molecule has 2 atom stereocenters. The van der Waals surface area contributed by atoms with Gasteiger partial charge in [0.05, 0.1) is 12.6 Å². The minimum Gasteiger partial charge on any atom is -0.399 e. The highest BCUT2D eigenvalue weighted by Gasteiger charge is 2.14. The van der Waals surface area contributed by atoms with Crippen molar-refractivity contribution in [2.45, 2.75) is 38.6 Å². The van der Waals surface area contributed by atoms with Crippen LogP contribution in [0, 0.1) is 0 Å². The van der Waals surface area contributed by atoms with Gasteiger partial charge in [-0.15, -0.1) is 0 Å². The standard InChI is InChI=1S/C14H22N2O2/c1-3-13(9-17)16-14(18)8-10(2)11-4-6-12(15)7-5-11/h4-7,10,13,17H,3,8-9,15H2,1-2H3,(H,16,18)/t10?,13-/m1/s1. The van der Waals surface area contributed by atoms with Crippen molar-refractivity contribution in [3.8, 4) is 0 Å². The van der Waals surface area contributed by atoms with Crippen molar-refractivity contribution in [1.29, 1.82) is 0 Å². The highest BCUT2D eigenvalue weighted by atomic mass is 16.3. The van der Waals surface area contributed by atoms with Crippen molar-refractivity contribution < 1.29 is 9.90 Å². The fourth-order valence-electron chi connectivity index (χ4n) is 1.78. The predicted molar refractivity (Wildman–Crippen MR) is 73.2 cm³/mol. The SMILES string of the molecule is CC[C@H](CO)NC(=O)CC(C)c1ccc(N)cc1. The summed E-state index contributed by atoms with van der Waals surface area (Å²) in [7, 11) is 0. The van der Waals surface area contributed by atoms with E-state index in [1.165, 1.54) is 0 Å². The molecule has 0 aliphatic carbocycles. The van der Waals surface area contributed by atoms with E-state index in [2.05, 4.69) is 5.32 Å². The molecule has 0 aliphatic rings. The zero-order chi connectivity index (χ0) is 13.5. The molecule has 0 saturated carbocycles. The third-order valence-electron chi connectivity index (χ3n) is 3.08. The van der Waals surface area contributed by atoms with Crippen molar-refractivity contribution in [2.24, 2.45) is 0 Å². The summed E-state index contributed by atoms with van der Waals surface area (Å²) in [5, 5.41) is 11.8. The third kappa shape index (κ3) is 4.37. The van der Waals surface area contributed by atoms with Gasteiger partial charge in [0.2, 0.25) is 5.91 Å². The molecule has 4 nitrogen and oxygen atoms in total. The van der Waals surface area contributed by atoms with Crippen LogP contribution in [0.25, 0.3) is 0 Å². The Hall–Kier alpha value is -1.55. The number of aliphatic hydroxyl groups is 1. The fraction of sp³-hybridized carbons (Fsp3) is 0.500. The highest BCUT2D eigenvalue weighted by Crippen LogP contribution is 2.20. The van der Waals surface area contributed by atoms with Crippen LogP contribution in [-0.4, -0.2) is 23.7 Å². The molecule has 1 unspecified atom stereocenters. The summed E-state index contributed by atoms with van der Waals surface area (Å²) in [5.74, 6) is 0.113. The van der Waals surface area contributed by atoms with Gasteiger partial charge in [-0.05, 0) is 30.0 Å². The first-order valence-corrected chi connectivity index (χ1v) is 6.32. The molecule has 4 N–H and O–H groups in total. The van der Waals surface area contributed by atoms with Crippen molar-refractivity contribution in [3.05, 3.63) is 29.8 Å². The van der Waals surface area contributed by atoms with Gasteiger partial charge in [-0.25, -0.2) is 0 Å². The second-order valence-corrected chi connectivity index (χ2v) is 4.63. The topological polar surface area (TPSA) is 75.3 Å². The minimum atomic E-state index is -0.142. The Bertz CT molecular complexity index is 372. The number of amides is 1. The van der Waals surface area contributed by atoms with E-state index in [-0.39, 0.29) is 24.5 Å². The van der Waals surface area contributed by atoms with E-state index in [0.29, 0.717) is 6.42 Å². The summed E-state index contributed by atoms with van der Waals surface area (Å²) in [6, 6.07) is 7.42. The maximum absolute atomic E-state index is 11.8. The Kier molecular flexibility index (Phi) is 5.65. The van der Waals surface area contributed by atoms with Crippen molar-refractivity contribution in [1.82, 2.24) is 5.32 Å². The number of rotatable bonds is 6. The van der Waals surface area contributed by atoms with Crippen molar-refractivity contribution in [2.75, 3.05) is 12.3 Å². The first-order valence-electron chi connectivity index (χ1n) is 6.32. The van der Waals surface area contributed by atoms with Gasteiger partial charge in [0.25, 0.3) is 0 Å². The molecular formula is C14H22N2O2. The molecule has 0 aliphatic heterocycles. The van der Waals surface area contributed by atoms with Gasteiger partial charge in [-0.2, -0.15) is 0 Å². The number of nitrogen functional groups attached to an aromatic ring is 1. The smallest absolute Gasteiger partial charge is 0.220 e. The second kappa shape index (κ2) is 7.01. The average Bonchev–Trinajstić information content (AvgIpc) is 2.36. The molecule has 0 aromatic heterocycles. The average molecular weight is 250 g/mol. The third-order valence-corrected chi connectivity index (χ3v) is 3.08. The van der Waals surface area contributed by atoms with Crippen LogP contribution in [0.15, 0.2) is 24.3 Å². The van der Waals surface area contributed by atoms with E-state index in [0.717, 1.165) is 17.7 Å². The molecule has 0 radical (unpaired) electrons. The molecule has 0 saturated heterocycles. The zero-order valence-electron chi connectivity index (χ0n) is 11.0. The number of hydrogen-bond donors (Lipinski definition) is 3. The molecule has 0 spiro atoms. The molecular weight excluding hydrogens is 228 g/mol. The van der Waals surface area contributed by atoms with E-state index < -0.39 is 0 Å². The van der Waals surface area contributed by atoms with Gasteiger partial charge in [-0.3, -0.25) is 4.79 Å². The molecule has 0 heterocycles. The van der Waals surface area contributed by atoms with Crippen LogP contribution in [0.4, 0.5) is 5.69 Å². The molecule has 0 fully saturated rings. The van der Waals surface area contributed by atoms with Crippen molar-refractivity contribution in [3.63, 3.8) is 0 Å². The van der Waals surface area contributed by atoms with Gasteiger partial charge in [0, 0.05) is 12.1 Å². The molecule has 1 rings (SSSR count). The van der Waals surface area contributed by atoms with Crippen LogP contribution in [0.5, 0.6) is 0 Å². The van der Waals surface area contributed by atoms with E-state index in [4.69, 9.17) is 10.8 Å². The summed E-state index contributed by atoms with van der Waals surface area (Å²) in [5.41, 5.74) is 7.44. The number of benzene rings is 1. The van der Waals surface area contributed by atoms with E-state index in [9.17, 15) is 4.79 Å². The molecule has 1 amide bonds. The number of carbonyl (C=O) groups is 1. The normalized spacial score (nSPS) is 13.9. The molecule has 18 heavy (non-hydrogen) atoms. The summed E-state index contributed by atoms with van der Waals surface area (Å²) in [4.78, 5) is 11.8. The Morgan fingerprint density at radius 1 is 1.39 bits per heavy atom. The summed E-state index contributed by atoms with van der Waals surface area (Å²) < 4.78 is 0. The number of nitrogens with two attached hydrogens (primary N) is 1. The van der Waals surface area contributed by atoms with Crippen LogP contribution in [-0.2, 0) is 4.79 Å². The number of nitrogens with one attached hydrogen (secondary N) is 1. The highest BCUT2D eigenvalue weighted by molar-refractivity contribution is 5.77. The molecule has 100 valence electrons. The quantitative estimate of drug-likeness (QED) is 0.672.